The van der Waals surface area contributed by atoms with Gasteiger partial charge >= 0.3 is 0 Å². The molecule has 0 spiro atoms. The standard InChI is InChI=1S/C26H27N3OS/c1-17-8-13-22-23(18(17)2)28-25(31-22)29(16-19-7-6-14-27-15-19)24(30)20-9-11-21(12-10-20)26(3,4)5/h6-15H,16H2,1-5H3. The summed E-state index contributed by atoms with van der Waals surface area (Å²) >= 11 is 1.55. The lowest BCUT2D eigenvalue weighted by Gasteiger charge is -2.22. The number of anilines is 1. The molecule has 4 aromatic rings. The molecule has 2 aromatic heterocycles. The van der Waals surface area contributed by atoms with E-state index in [2.05, 4.69) is 51.7 Å². The molecular weight excluding hydrogens is 402 g/mol. The summed E-state index contributed by atoms with van der Waals surface area (Å²) in [7, 11) is 0. The molecule has 31 heavy (non-hydrogen) atoms. The summed E-state index contributed by atoms with van der Waals surface area (Å²) in [6, 6.07) is 16.0. The third-order valence-electron chi connectivity index (χ3n) is 5.61. The number of amides is 1. The fourth-order valence-electron chi connectivity index (χ4n) is 3.50. The van der Waals surface area contributed by atoms with Crippen molar-refractivity contribution in [2.75, 3.05) is 4.90 Å². The summed E-state index contributed by atoms with van der Waals surface area (Å²) in [5.41, 5.74) is 6.19. The molecule has 0 saturated carbocycles. The Morgan fingerprint density at radius 3 is 2.42 bits per heavy atom. The van der Waals surface area contributed by atoms with Gasteiger partial charge in [-0.05, 0) is 65.8 Å². The van der Waals surface area contributed by atoms with Gasteiger partial charge in [0, 0.05) is 18.0 Å². The molecule has 4 nitrogen and oxygen atoms in total. The van der Waals surface area contributed by atoms with Crippen molar-refractivity contribution in [3.05, 3.63) is 88.7 Å². The molecule has 0 N–H and O–H groups in total. The quantitative estimate of drug-likeness (QED) is 0.374. The number of hydrogen-bond acceptors (Lipinski definition) is 4. The van der Waals surface area contributed by atoms with Gasteiger partial charge in [-0.15, -0.1) is 0 Å². The summed E-state index contributed by atoms with van der Waals surface area (Å²) in [5, 5.41) is 0.706. The summed E-state index contributed by atoms with van der Waals surface area (Å²) in [4.78, 5) is 24.5. The third-order valence-corrected chi connectivity index (χ3v) is 6.65. The molecule has 0 atom stereocenters. The van der Waals surface area contributed by atoms with Crippen molar-refractivity contribution in [3.63, 3.8) is 0 Å². The van der Waals surface area contributed by atoms with Crippen LogP contribution >= 0.6 is 11.3 Å². The first-order valence-electron chi connectivity index (χ1n) is 10.4. The SMILES string of the molecule is Cc1ccc2sc(N(Cc3cccnc3)C(=O)c3ccc(C(C)(C)C)cc3)nc2c1C. The van der Waals surface area contributed by atoms with Crippen molar-refractivity contribution >= 4 is 32.6 Å². The molecule has 2 aromatic carbocycles. The van der Waals surface area contributed by atoms with Crippen LogP contribution in [0.5, 0.6) is 0 Å². The Morgan fingerprint density at radius 1 is 1.03 bits per heavy atom. The van der Waals surface area contributed by atoms with E-state index in [9.17, 15) is 4.79 Å². The molecule has 0 radical (unpaired) electrons. The second-order valence-electron chi connectivity index (χ2n) is 8.93. The van der Waals surface area contributed by atoms with Gasteiger partial charge in [-0.1, -0.05) is 56.4 Å². The van der Waals surface area contributed by atoms with E-state index in [0.29, 0.717) is 17.2 Å². The van der Waals surface area contributed by atoms with Crippen molar-refractivity contribution in [1.29, 1.82) is 0 Å². The van der Waals surface area contributed by atoms with E-state index in [0.717, 1.165) is 21.3 Å². The van der Waals surface area contributed by atoms with Gasteiger partial charge in [0.25, 0.3) is 5.91 Å². The van der Waals surface area contributed by atoms with Gasteiger partial charge in [-0.25, -0.2) is 4.98 Å². The van der Waals surface area contributed by atoms with E-state index >= 15 is 0 Å². The van der Waals surface area contributed by atoms with Crippen LogP contribution in [0.1, 0.15) is 53.4 Å². The number of carbonyl (C=O) groups is 1. The van der Waals surface area contributed by atoms with Gasteiger partial charge in [0.1, 0.15) is 0 Å². The second kappa shape index (κ2) is 8.23. The van der Waals surface area contributed by atoms with Crippen molar-refractivity contribution < 1.29 is 4.79 Å². The Balaban J connectivity index is 1.76. The highest BCUT2D eigenvalue weighted by Gasteiger charge is 2.23. The van der Waals surface area contributed by atoms with Gasteiger partial charge in [0.05, 0.1) is 16.8 Å². The highest BCUT2D eigenvalue weighted by atomic mass is 32.1. The van der Waals surface area contributed by atoms with E-state index in [1.807, 2.05) is 36.4 Å². The summed E-state index contributed by atoms with van der Waals surface area (Å²) in [5.74, 6) is -0.0576. The van der Waals surface area contributed by atoms with E-state index in [-0.39, 0.29) is 11.3 Å². The van der Waals surface area contributed by atoms with Crippen molar-refractivity contribution in [1.82, 2.24) is 9.97 Å². The molecule has 0 bridgehead atoms. The molecule has 5 heteroatoms. The highest BCUT2D eigenvalue weighted by molar-refractivity contribution is 7.22. The van der Waals surface area contributed by atoms with Crippen molar-refractivity contribution in [2.24, 2.45) is 0 Å². The number of aromatic nitrogens is 2. The van der Waals surface area contributed by atoms with Gasteiger partial charge in [-0.2, -0.15) is 0 Å². The number of fused-ring (bicyclic) bond motifs is 1. The Bertz CT molecular complexity index is 1220. The zero-order chi connectivity index (χ0) is 22.2. The van der Waals surface area contributed by atoms with Crippen LogP contribution in [0.3, 0.4) is 0 Å². The summed E-state index contributed by atoms with van der Waals surface area (Å²) in [6.07, 6.45) is 3.54. The first-order chi connectivity index (χ1) is 14.7. The van der Waals surface area contributed by atoms with Crippen LogP contribution in [0.4, 0.5) is 5.13 Å². The Kier molecular flexibility index (Phi) is 5.63. The third kappa shape index (κ3) is 4.37. The Morgan fingerprint density at radius 2 is 1.77 bits per heavy atom. The molecule has 0 saturated heterocycles. The molecule has 0 unspecified atom stereocenters. The molecule has 0 aliphatic carbocycles. The first kappa shape index (κ1) is 21.2. The molecule has 1 amide bonds. The predicted octanol–water partition coefficient (Wildman–Crippen LogP) is 6.45. The average Bonchev–Trinajstić information content (AvgIpc) is 3.19. The smallest absolute Gasteiger partial charge is 0.260 e. The maximum absolute atomic E-state index is 13.6. The number of carbonyl (C=O) groups excluding carboxylic acids is 1. The summed E-state index contributed by atoms with van der Waals surface area (Å²) in [6.45, 7) is 11.1. The topological polar surface area (TPSA) is 46.1 Å². The van der Waals surface area contributed by atoms with Crippen LogP contribution in [0, 0.1) is 13.8 Å². The van der Waals surface area contributed by atoms with Gasteiger partial charge in [-0.3, -0.25) is 14.7 Å². The van der Waals surface area contributed by atoms with Gasteiger partial charge < -0.3 is 0 Å². The lowest BCUT2D eigenvalue weighted by Crippen LogP contribution is -2.30. The maximum Gasteiger partial charge on any atom is 0.260 e. The number of thiazole rings is 1. The number of nitrogens with zero attached hydrogens (tertiary/aromatic N) is 3. The molecular formula is C26H27N3OS. The van der Waals surface area contributed by atoms with E-state index in [4.69, 9.17) is 4.98 Å². The molecule has 158 valence electrons. The lowest BCUT2D eigenvalue weighted by atomic mass is 9.86. The van der Waals surface area contributed by atoms with E-state index in [1.165, 1.54) is 11.1 Å². The average molecular weight is 430 g/mol. The normalized spacial score (nSPS) is 11.6. The van der Waals surface area contributed by atoms with Gasteiger partial charge in [0.2, 0.25) is 0 Å². The summed E-state index contributed by atoms with van der Waals surface area (Å²) < 4.78 is 1.09. The molecule has 4 rings (SSSR count). The van der Waals surface area contributed by atoms with E-state index < -0.39 is 0 Å². The van der Waals surface area contributed by atoms with Crippen molar-refractivity contribution in [3.8, 4) is 0 Å². The Hall–Kier alpha value is -3.05. The molecule has 2 heterocycles. The molecule has 0 aliphatic rings. The van der Waals surface area contributed by atoms with Crippen molar-refractivity contribution in [2.45, 2.75) is 46.6 Å². The zero-order valence-electron chi connectivity index (χ0n) is 18.6. The number of rotatable bonds is 4. The minimum atomic E-state index is -0.0576. The first-order valence-corrected chi connectivity index (χ1v) is 11.2. The predicted molar refractivity (Wildman–Crippen MR) is 129 cm³/mol. The number of pyridine rings is 1. The van der Waals surface area contributed by atoms with Crippen LogP contribution in [-0.4, -0.2) is 15.9 Å². The van der Waals surface area contributed by atoms with Crippen LogP contribution in [0.2, 0.25) is 0 Å². The number of aryl methyl sites for hydroxylation is 2. The van der Waals surface area contributed by atoms with Crippen LogP contribution in [-0.2, 0) is 12.0 Å². The molecule has 0 aliphatic heterocycles. The fourth-order valence-corrected chi connectivity index (χ4v) is 4.52. The fraction of sp³-hybridized carbons (Fsp3) is 0.269. The van der Waals surface area contributed by atoms with E-state index in [1.54, 1.807) is 28.6 Å². The minimum absolute atomic E-state index is 0.0411. The molecule has 0 fully saturated rings. The lowest BCUT2D eigenvalue weighted by molar-refractivity contribution is 0.0985. The zero-order valence-corrected chi connectivity index (χ0v) is 19.5. The Labute approximate surface area is 187 Å². The highest BCUT2D eigenvalue weighted by Crippen LogP contribution is 2.33. The minimum Gasteiger partial charge on any atom is -0.279 e. The number of benzene rings is 2. The largest absolute Gasteiger partial charge is 0.279 e. The van der Waals surface area contributed by atoms with Crippen LogP contribution in [0.15, 0.2) is 60.9 Å². The number of hydrogen-bond donors (Lipinski definition) is 0. The monoisotopic (exact) mass is 429 g/mol. The maximum atomic E-state index is 13.6. The van der Waals surface area contributed by atoms with Crippen LogP contribution in [0.25, 0.3) is 10.2 Å². The van der Waals surface area contributed by atoms with Crippen LogP contribution < -0.4 is 4.90 Å². The second-order valence-corrected chi connectivity index (χ2v) is 9.94. The van der Waals surface area contributed by atoms with Gasteiger partial charge in [0.15, 0.2) is 5.13 Å².